The fraction of sp³-hybridized carbons (Fsp3) is 0.158. The van der Waals surface area contributed by atoms with E-state index >= 15 is 0 Å². The van der Waals surface area contributed by atoms with Crippen LogP contribution in [0.2, 0.25) is 0 Å². The van der Waals surface area contributed by atoms with Crippen LogP contribution in [0, 0.1) is 0 Å². The second-order valence-corrected chi connectivity index (χ2v) is 5.73. The predicted molar refractivity (Wildman–Crippen MR) is 91.6 cm³/mol. The van der Waals surface area contributed by atoms with Crippen LogP contribution in [-0.4, -0.2) is 0 Å². The Balaban J connectivity index is 1.93. The van der Waals surface area contributed by atoms with Gasteiger partial charge in [0.2, 0.25) is 0 Å². The summed E-state index contributed by atoms with van der Waals surface area (Å²) in [5.41, 5.74) is 9.52. The van der Waals surface area contributed by atoms with Gasteiger partial charge in [0.05, 0.1) is 0 Å². The van der Waals surface area contributed by atoms with Gasteiger partial charge < -0.3 is 10.6 Å². The van der Waals surface area contributed by atoms with Crippen molar-refractivity contribution in [2.45, 2.75) is 20.3 Å². The van der Waals surface area contributed by atoms with Crippen LogP contribution in [0.1, 0.15) is 25.0 Å². The van der Waals surface area contributed by atoms with Gasteiger partial charge in [0.25, 0.3) is 0 Å². The van der Waals surface area contributed by atoms with Crippen LogP contribution in [0.3, 0.4) is 0 Å². The van der Waals surface area contributed by atoms with Crippen molar-refractivity contribution >= 4 is 11.4 Å². The molecule has 2 aromatic rings. The monoisotopic (exact) mass is 276 g/mol. The fourth-order valence-electron chi connectivity index (χ4n) is 2.86. The van der Waals surface area contributed by atoms with E-state index in [0.29, 0.717) is 0 Å². The van der Waals surface area contributed by atoms with E-state index in [0.717, 1.165) is 29.2 Å². The Bertz CT molecular complexity index is 678. The van der Waals surface area contributed by atoms with E-state index in [9.17, 15) is 0 Å². The Hall–Kier alpha value is -2.48. The number of nitrogens with one attached hydrogen (secondary N) is 2. The maximum absolute atomic E-state index is 3.89. The van der Waals surface area contributed by atoms with Crippen molar-refractivity contribution in [1.82, 2.24) is 0 Å². The second-order valence-electron chi connectivity index (χ2n) is 5.73. The summed E-state index contributed by atoms with van der Waals surface area (Å²) in [6.07, 6.45) is 0.974. The molecular formula is C19H20N2. The van der Waals surface area contributed by atoms with Gasteiger partial charge in [0.1, 0.15) is 0 Å². The third-order valence-corrected chi connectivity index (χ3v) is 3.60. The van der Waals surface area contributed by atoms with Gasteiger partial charge in [0, 0.05) is 22.8 Å². The zero-order valence-corrected chi connectivity index (χ0v) is 12.6. The lowest BCUT2D eigenvalue weighted by atomic mass is 10.0. The molecule has 0 atom stereocenters. The van der Waals surface area contributed by atoms with Crippen molar-refractivity contribution < 1.29 is 0 Å². The Morgan fingerprint density at radius 1 is 0.810 bits per heavy atom. The highest BCUT2D eigenvalue weighted by atomic mass is 14.9. The molecule has 2 N–H and O–H groups in total. The molecule has 3 rings (SSSR count). The summed E-state index contributed by atoms with van der Waals surface area (Å²) in [6, 6.07) is 13.0. The summed E-state index contributed by atoms with van der Waals surface area (Å²) < 4.78 is 0. The predicted octanol–water partition coefficient (Wildman–Crippen LogP) is 5.15. The zero-order valence-electron chi connectivity index (χ0n) is 12.6. The van der Waals surface area contributed by atoms with Crippen molar-refractivity contribution in [2.75, 3.05) is 10.6 Å². The number of fused-ring (bicyclic) bond motifs is 3. The van der Waals surface area contributed by atoms with Gasteiger partial charge in [-0.15, -0.1) is 0 Å². The Morgan fingerprint density at radius 3 is 1.62 bits per heavy atom. The molecule has 2 heteroatoms. The Morgan fingerprint density at radius 2 is 1.24 bits per heavy atom. The minimum Gasteiger partial charge on any atom is -0.360 e. The number of benzene rings is 2. The average Bonchev–Trinajstić information content (AvgIpc) is 2.73. The van der Waals surface area contributed by atoms with Gasteiger partial charge in [-0.3, -0.25) is 0 Å². The first kappa shape index (κ1) is 13.5. The summed E-state index contributed by atoms with van der Waals surface area (Å²) in [4.78, 5) is 0. The lowest BCUT2D eigenvalue weighted by Crippen LogP contribution is -1.94. The molecule has 0 spiro atoms. The molecule has 106 valence electrons. The summed E-state index contributed by atoms with van der Waals surface area (Å²) in [5, 5.41) is 6.56. The fourth-order valence-corrected chi connectivity index (χ4v) is 2.86. The summed E-state index contributed by atoms with van der Waals surface area (Å²) in [6.45, 7) is 11.7. The molecule has 0 saturated heterocycles. The lowest BCUT2D eigenvalue weighted by Gasteiger charge is -2.08. The molecule has 0 heterocycles. The van der Waals surface area contributed by atoms with Crippen molar-refractivity contribution in [2.24, 2.45) is 0 Å². The number of allylic oxidation sites excluding steroid dienone is 2. The Labute approximate surface area is 126 Å². The zero-order chi connectivity index (χ0) is 15.0. The molecular weight excluding hydrogens is 256 g/mol. The van der Waals surface area contributed by atoms with Crippen LogP contribution in [0.25, 0.3) is 11.1 Å². The van der Waals surface area contributed by atoms with Gasteiger partial charge in [-0.05, 0) is 66.8 Å². The minimum absolute atomic E-state index is 0.957. The lowest BCUT2D eigenvalue weighted by molar-refractivity contribution is 1.25. The maximum atomic E-state index is 3.89. The smallest absolute Gasteiger partial charge is 0.0384 e. The van der Waals surface area contributed by atoms with Crippen molar-refractivity contribution in [3.05, 3.63) is 72.1 Å². The van der Waals surface area contributed by atoms with Crippen LogP contribution < -0.4 is 10.6 Å². The molecule has 0 amide bonds. The standard InChI is InChI=1S/C19H20N2/c1-12(2)20-16-5-7-18-14(10-16)9-15-11-17(21-13(3)4)6-8-19(15)18/h5-8,10-11,20-21H,1,3,9H2,2,4H3. The molecule has 2 nitrogen and oxygen atoms in total. The van der Waals surface area contributed by atoms with Crippen LogP contribution >= 0.6 is 0 Å². The first-order valence-electron chi connectivity index (χ1n) is 7.14. The number of anilines is 2. The average molecular weight is 276 g/mol. The first-order chi connectivity index (χ1) is 10.0. The maximum Gasteiger partial charge on any atom is 0.0384 e. The van der Waals surface area contributed by atoms with Gasteiger partial charge in [0.15, 0.2) is 0 Å². The summed E-state index contributed by atoms with van der Waals surface area (Å²) >= 11 is 0. The third-order valence-electron chi connectivity index (χ3n) is 3.60. The highest BCUT2D eigenvalue weighted by Crippen LogP contribution is 2.39. The second kappa shape index (κ2) is 5.13. The molecule has 1 aliphatic carbocycles. The van der Waals surface area contributed by atoms with Gasteiger partial charge in [-0.2, -0.15) is 0 Å². The first-order valence-corrected chi connectivity index (χ1v) is 7.14. The van der Waals surface area contributed by atoms with E-state index in [-0.39, 0.29) is 0 Å². The molecule has 1 aliphatic rings. The molecule has 0 radical (unpaired) electrons. The highest BCUT2D eigenvalue weighted by molar-refractivity contribution is 5.80. The number of rotatable bonds is 4. The van der Waals surface area contributed by atoms with Crippen LogP contribution in [-0.2, 0) is 6.42 Å². The van der Waals surface area contributed by atoms with Crippen molar-refractivity contribution in [3.63, 3.8) is 0 Å². The summed E-state index contributed by atoms with van der Waals surface area (Å²) in [5.74, 6) is 0. The van der Waals surface area contributed by atoms with E-state index in [1.54, 1.807) is 0 Å². The topological polar surface area (TPSA) is 24.1 Å². The molecule has 0 fully saturated rings. The van der Waals surface area contributed by atoms with Gasteiger partial charge in [-0.25, -0.2) is 0 Å². The number of hydrogen-bond donors (Lipinski definition) is 2. The van der Waals surface area contributed by atoms with Gasteiger partial charge >= 0.3 is 0 Å². The minimum atomic E-state index is 0.957. The van der Waals surface area contributed by atoms with Gasteiger partial charge in [-0.1, -0.05) is 25.3 Å². The van der Waals surface area contributed by atoms with E-state index < -0.39 is 0 Å². The quantitative estimate of drug-likeness (QED) is 0.688. The van der Waals surface area contributed by atoms with E-state index in [2.05, 4.69) is 60.2 Å². The highest BCUT2D eigenvalue weighted by Gasteiger charge is 2.18. The molecule has 0 aliphatic heterocycles. The molecule has 0 saturated carbocycles. The molecule has 0 unspecified atom stereocenters. The summed E-state index contributed by atoms with van der Waals surface area (Å²) in [7, 11) is 0. The SMILES string of the molecule is C=C(C)Nc1ccc2c(c1)Cc1cc(NC(=C)C)ccc1-2. The molecule has 0 aromatic heterocycles. The third kappa shape index (κ3) is 2.70. The number of hydrogen-bond acceptors (Lipinski definition) is 2. The molecule has 2 aromatic carbocycles. The van der Waals surface area contributed by atoms with Crippen LogP contribution in [0.15, 0.2) is 61.0 Å². The van der Waals surface area contributed by atoms with Crippen molar-refractivity contribution in [3.8, 4) is 11.1 Å². The van der Waals surface area contributed by atoms with E-state index in [1.807, 2.05) is 13.8 Å². The normalized spacial score (nSPS) is 11.5. The van der Waals surface area contributed by atoms with Crippen LogP contribution in [0.5, 0.6) is 0 Å². The Kier molecular flexibility index (Phi) is 3.30. The van der Waals surface area contributed by atoms with Crippen molar-refractivity contribution in [1.29, 1.82) is 0 Å². The molecule has 21 heavy (non-hydrogen) atoms. The largest absolute Gasteiger partial charge is 0.360 e. The van der Waals surface area contributed by atoms with Crippen LogP contribution in [0.4, 0.5) is 11.4 Å². The molecule has 0 bridgehead atoms. The van der Waals surface area contributed by atoms with E-state index in [4.69, 9.17) is 0 Å². The van der Waals surface area contributed by atoms with E-state index in [1.165, 1.54) is 22.3 Å².